The van der Waals surface area contributed by atoms with Crippen molar-refractivity contribution in [2.24, 2.45) is 0 Å². The summed E-state index contributed by atoms with van der Waals surface area (Å²) in [7, 11) is 4.67. The van der Waals surface area contributed by atoms with Crippen molar-refractivity contribution >= 4 is 29.3 Å². The molecule has 2 rings (SSSR count). The molecule has 0 radical (unpaired) electrons. The molecule has 0 aliphatic carbocycles. The number of thioether (sulfide) groups is 1. The van der Waals surface area contributed by atoms with Crippen molar-refractivity contribution in [2.75, 3.05) is 21.3 Å². The summed E-state index contributed by atoms with van der Waals surface area (Å²) in [5.41, 5.74) is 0.808. The van der Waals surface area contributed by atoms with E-state index in [4.69, 9.17) is 25.8 Å². The van der Waals surface area contributed by atoms with Crippen LogP contribution in [-0.2, 0) is 11.3 Å². The monoisotopic (exact) mass is 395 g/mol. The standard InChI is InChI=1S/C19H22ClNO4S/c1-12(26-15-8-6-14(20)7-9-15)19(22)21-11-13-5-10-16(23-2)18(25-4)17(13)24-3/h5-10,12H,11H2,1-4H3,(H,21,22). The molecule has 0 heterocycles. The van der Waals surface area contributed by atoms with Crippen molar-refractivity contribution in [3.63, 3.8) is 0 Å². The first-order valence-electron chi connectivity index (χ1n) is 7.98. The fraction of sp³-hybridized carbons (Fsp3) is 0.316. The summed E-state index contributed by atoms with van der Waals surface area (Å²) in [6, 6.07) is 11.0. The molecule has 1 unspecified atom stereocenters. The van der Waals surface area contributed by atoms with Gasteiger partial charge in [0.25, 0.3) is 0 Å². The van der Waals surface area contributed by atoms with Gasteiger partial charge in [-0.3, -0.25) is 4.79 Å². The van der Waals surface area contributed by atoms with E-state index in [1.807, 2.05) is 37.3 Å². The van der Waals surface area contributed by atoms with Crippen LogP contribution in [-0.4, -0.2) is 32.5 Å². The van der Waals surface area contributed by atoms with Crippen LogP contribution in [0.25, 0.3) is 0 Å². The van der Waals surface area contributed by atoms with E-state index in [2.05, 4.69) is 5.32 Å². The number of halogens is 1. The molecule has 1 atom stereocenters. The van der Waals surface area contributed by atoms with Gasteiger partial charge in [0.05, 0.1) is 26.6 Å². The maximum Gasteiger partial charge on any atom is 0.233 e. The second-order valence-electron chi connectivity index (χ2n) is 5.43. The predicted octanol–water partition coefficient (Wildman–Crippen LogP) is 4.16. The number of benzene rings is 2. The van der Waals surface area contributed by atoms with Crippen molar-refractivity contribution in [1.29, 1.82) is 0 Å². The van der Waals surface area contributed by atoms with E-state index < -0.39 is 0 Å². The molecule has 0 aromatic heterocycles. The number of nitrogens with one attached hydrogen (secondary N) is 1. The number of hydrogen-bond donors (Lipinski definition) is 1. The molecule has 2 aromatic rings. The van der Waals surface area contributed by atoms with E-state index in [9.17, 15) is 4.79 Å². The molecule has 26 heavy (non-hydrogen) atoms. The van der Waals surface area contributed by atoms with Gasteiger partial charge in [-0.2, -0.15) is 0 Å². The van der Waals surface area contributed by atoms with E-state index in [1.54, 1.807) is 27.4 Å². The van der Waals surface area contributed by atoms with Crippen LogP contribution in [0.5, 0.6) is 17.2 Å². The Balaban J connectivity index is 2.03. The lowest BCUT2D eigenvalue weighted by Gasteiger charge is -2.17. The first-order valence-corrected chi connectivity index (χ1v) is 9.23. The predicted molar refractivity (Wildman–Crippen MR) is 105 cm³/mol. The third-order valence-corrected chi connectivity index (χ3v) is 5.10. The number of methoxy groups -OCH3 is 3. The molecule has 140 valence electrons. The van der Waals surface area contributed by atoms with E-state index in [0.29, 0.717) is 28.8 Å². The van der Waals surface area contributed by atoms with Gasteiger partial charge in [0.2, 0.25) is 11.7 Å². The molecule has 0 aliphatic heterocycles. The average molecular weight is 396 g/mol. The molecule has 0 fully saturated rings. The van der Waals surface area contributed by atoms with E-state index in [1.165, 1.54) is 11.8 Å². The molecule has 7 heteroatoms. The Kier molecular flexibility index (Phi) is 7.48. The smallest absolute Gasteiger partial charge is 0.233 e. The SMILES string of the molecule is COc1ccc(CNC(=O)C(C)Sc2ccc(Cl)cc2)c(OC)c1OC. The third-order valence-electron chi connectivity index (χ3n) is 3.73. The van der Waals surface area contributed by atoms with Gasteiger partial charge in [0.1, 0.15) is 0 Å². The molecule has 0 aliphatic rings. The molecule has 0 saturated heterocycles. The fourth-order valence-corrected chi connectivity index (χ4v) is 3.42. The van der Waals surface area contributed by atoms with Gasteiger partial charge in [-0.15, -0.1) is 11.8 Å². The molecule has 1 amide bonds. The first kappa shape index (κ1) is 20.3. The normalized spacial score (nSPS) is 11.6. The van der Waals surface area contributed by atoms with Gasteiger partial charge in [0.15, 0.2) is 11.5 Å². The molecule has 5 nitrogen and oxygen atoms in total. The maximum absolute atomic E-state index is 12.4. The van der Waals surface area contributed by atoms with Gasteiger partial charge in [-0.05, 0) is 43.3 Å². The highest BCUT2D eigenvalue weighted by Crippen LogP contribution is 2.39. The van der Waals surface area contributed by atoms with Crippen LogP contribution >= 0.6 is 23.4 Å². The molecular weight excluding hydrogens is 374 g/mol. The molecule has 1 N–H and O–H groups in total. The Morgan fingerprint density at radius 1 is 1.04 bits per heavy atom. The van der Waals surface area contributed by atoms with Gasteiger partial charge >= 0.3 is 0 Å². The first-order chi connectivity index (χ1) is 12.5. The summed E-state index contributed by atoms with van der Waals surface area (Å²) >= 11 is 7.36. The van der Waals surface area contributed by atoms with Crippen LogP contribution < -0.4 is 19.5 Å². The van der Waals surface area contributed by atoms with Gasteiger partial charge in [-0.25, -0.2) is 0 Å². The van der Waals surface area contributed by atoms with Gasteiger partial charge < -0.3 is 19.5 Å². The number of rotatable bonds is 8. The minimum atomic E-state index is -0.248. The third kappa shape index (κ3) is 4.99. The lowest BCUT2D eigenvalue weighted by Crippen LogP contribution is -2.30. The zero-order valence-electron chi connectivity index (χ0n) is 15.2. The largest absolute Gasteiger partial charge is 0.493 e. The van der Waals surface area contributed by atoms with Crippen LogP contribution in [0.4, 0.5) is 0 Å². The Hall–Kier alpha value is -2.05. The maximum atomic E-state index is 12.4. The van der Waals surface area contributed by atoms with Crippen molar-refractivity contribution in [1.82, 2.24) is 5.32 Å². The molecule has 0 spiro atoms. The van der Waals surface area contributed by atoms with Crippen molar-refractivity contribution in [3.05, 3.63) is 47.0 Å². The Morgan fingerprint density at radius 3 is 2.27 bits per heavy atom. The van der Waals surface area contributed by atoms with Gasteiger partial charge in [-0.1, -0.05) is 11.6 Å². The van der Waals surface area contributed by atoms with Crippen LogP contribution in [0.2, 0.25) is 5.02 Å². The molecule has 0 bridgehead atoms. The van der Waals surface area contributed by atoms with Crippen molar-refractivity contribution in [2.45, 2.75) is 23.6 Å². The highest BCUT2D eigenvalue weighted by molar-refractivity contribution is 8.00. The Morgan fingerprint density at radius 2 is 1.69 bits per heavy atom. The zero-order chi connectivity index (χ0) is 19.1. The lowest BCUT2D eigenvalue weighted by molar-refractivity contribution is -0.120. The highest BCUT2D eigenvalue weighted by atomic mass is 35.5. The fourth-order valence-electron chi connectivity index (χ4n) is 2.40. The second-order valence-corrected chi connectivity index (χ2v) is 7.28. The quantitative estimate of drug-likeness (QED) is 0.680. The molecule has 2 aromatic carbocycles. The van der Waals surface area contributed by atoms with E-state index in [0.717, 1.165) is 10.5 Å². The molecular formula is C19H22ClNO4S. The zero-order valence-corrected chi connectivity index (χ0v) is 16.7. The van der Waals surface area contributed by atoms with E-state index in [-0.39, 0.29) is 11.2 Å². The summed E-state index contributed by atoms with van der Waals surface area (Å²) in [6.45, 7) is 2.19. The number of hydrogen-bond acceptors (Lipinski definition) is 5. The minimum absolute atomic E-state index is 0.0678. The van der Waals surface area contributed by atoms with Crippen LogP contribution in [0.15, 0.2) is 41.3 Å². The number of ether oxygens (including phenoxy) is 3. The van der Waals surface area contributed by atoms with Crippen LogP contribution in [0.3, 0.4) is 0 Å². The molecule has 0 saturated carbocycles. The summed E-state index contributed by atoms with van der Waals surface area (Å²) in [4.78, 5) is 13.4. The van der Waals surface area contributed by atoms with E-state index >= 15 is 0 Å². The summed E-state index contributed by atoms with van der Waals surface area (Å²) < 4.78 is 16.1. The van der Waals surface area contributed by atoms with Gasteiger partial charge in [0, 0.05) is 22.0 Å². The lowest BCUT2D eigenvalue weighted by atomic mass is 10.1. The summed E-state index contributed by atoms with van der Waals surface area (Å²) in [5, 5.41) is 3.36. The summed E-state index contributed by atoms with van der Waals surface area (Å²) in [5.74, 6) is 1.56. The Bertz CT molecular complexity index is 752. The summed E-state index contributed by atoms with van der Waals surface area (Å²) in [6.07, 6.45) is 0. The van der Waals surface area contributed by atoms with Crippen molar-refractivity contribution in [3.8, 4) is 17.2 Å². The number of amides is 1. The number of carbonyl (C=O) groups is 1. The topological polar surface area (TPSA) is 56.8 Å². The highest BCUT2D eigenvalue weighted by Gasteiger charge is 2.18. The van der Waals surface area contributed by atoms with Crippen LogP contribution in [0.1, 0.15) is 12.5 Å². The number of carbonyl (C=O) groups excluding carboxylic acids is 1. The second kappa shape index (κ2) is 9.59. The van der Waals surface area contributed by atoms with Crippen molar-refractivity contribution < 1.29 is 19.0 Å². The minimum Gasteiger partial charge on any atom is -0.493 e. The Labute approximate surface area is 163 Å². The average Bonchev–Trinajstić information content (AvgIpc) is 2.66. The van der Waals surface area contributed by atoms with Crippen LogP contribution in [0, 0.1) is 0 Å².